The Morgan fingerprint density at radius 1 is 1.14 bits per heavy atom. The third-order valence-electron chi connectivity index (χ3n) is 6.75. The molecular formula is C25H32N6O3S. The molecule has 186 valence electrons. The lowest BCUT2D eigenvalue weighted by Crippen LogP contribution is -2.46. The van der Waals surface area contributed by atoms with E-state index < -0.39 is 12.0 Å². The first-order valence-electron chi connectivity index (χ1n) is 12.4. The van der Waals surface area contributed by atoms with Gasteiger partial charge in [0.05, 0.1) is 18.2 Å². The van der Waals surface area contributed by atoms with Gasteiger partial charge < -0.3 is 20.3 Å². The zero-order chi connectivity index (χ0) is 24.4. The Labute approximate surface area is 209 Å². The maximum absolute atomic E-state index is 13.0. The number of amides is 2. The highest BCUT2D eigenvalue weighted by molar-refractivity contribution is 7.99. The largest absolute Gasteiger partial charge is 0.463 e. The lowest BCUT2D eigenvalue weighted by atomic mass is 9.95. The molecule has 2 fully saturated rings. The van der Waals surface area contributed by atoms with Gasteiger partial charge in [0.2, 0.25) is 5.95 Å². The van der Waals surface area contributed by atoms with Crippen molar-refractivity contribution in [2.75, 3.05) is 30.3 Å². The van der Waals surface area contributed by atoms with Crippen molar-refractivity contribution in [3.05, 3.63) is 47.2 Å². The molecule has 2 aliphatic heterocycles. The molecule has 35 heavy (non-hydrogen) atoms. The Kier molecular flexibility index (Phi) is 6.99. The molecule has 10 heteroatoms. The highest BCUT2D eigenvalue weighted by atomic mass is 32.2. The second-order valence-corrected chi connectivity index (χ2v) is 10.3. The average molecular weight is 497 g/mol. The van der Waals surface area contributed by atoms with Gasteiger partial charge in [-0.2, -0.15) is 0 Å². The molecule has 0 bridgehead atoms. The standard InChI is InChI=1S/C25H32N6O3S/c1-3-34-22(32)20-19(26-23(33)27-21(20)17-7-5-4-6-8-17)15-35-25-29-28-24(31(25)18-9-10-18)30-13-11-16(2)12-14-30/h4-8,16,18,21H,3,9-15H2,1-2H3,(H2,26,27,33). The van der Waals surface area contributed by atoms with Crippen molar-refractivity contribution in [2.24, 2.45) is 5.92 Å². The summed E-state index contributed by atoms with van der Waals surface area (Å²) < 4.78 is 7.63. The van der Waals surface area contributed by atoms with Crippen LogP contribution in [-0.4, -0.2) is 52.2 Å². The van der Waals surface area contributed by atoms with Gasteiger partial charge in [-0.1, -0.05) is 49.0 Å². The van der Waals surface area contributed by atoms with Crippen LogP contribution in [0.1, 0.15) is 57.2 Å². The Morgan fingerprint density at radius 3 is 2.57 bits per heavy atom. The van der Waals surface area contributed by atoms with Gasteiger partial charge in [-0.15, -0.1) is 10.2 Å². The van der Waals surface area contributed by atoms with Gasteiger partial charge in [0.15, 0.2) is 5.16 Å². The first-order chi connectivity index (χ1) is 17.0. The first kappa shape index (κ1) is 23.7. The SMILES string of the molecule is CCOC(=O)C1=C(CSc2nnc(N3CCC(C)CC3)n2C2CC2)NC(=O)NC1c1ccccc1. The van der Waals surface area contributed by atoms with E-state index >= 15 is 0 Å². The van der Waals surface area contributed by atoms with E-state index in [2.05, 4.69) is 37.2 Å². The number of nitrogens with one attached hydrogen (secondary N) is 2. The zero-order valence-corrected chi connectivity index (χ0v) is 21.0. The number of thioether (sulfide) groups is 1. The van der Waals surface area contributed by atoms with Gasteiger partial charge in [-0.05, 0) is 44.1 Å². The van der Waals surface area contributed by atoms with Crippen molar-refractivity contribution in [1.29, 1.82) is 0 Å². The predicted molar refractivity (Wildman–Crippen MR) is 134 cm³/mol. The fraction of sp³-hybridized carbons (Fsp3) is 0.520. The maximum atomic E-state index is 13.0. The molecular weight excluding hydrogens is 464 g/mol. The lowest BCUT2D eigenvalue weighted by molar-refractivity contribution is -0.139. The molecule has 0 spiro atoms. The van der Waals surface area contributed by atoms with Crippen LogP contribution in [0.25, 0.3) is 0 Å². The molecule has 1 aromatic carbocycles. The van der Waals surface area contributed by atoms with Crippen LogP contribution in [0.3, 0.4) is 0 Å². The number of rotatable bonds is 8. The van der Waals surface area contributed by atoms with E-state index in [1.54, 1.807) is 6.92 Å². The molecule has 3 aliphatic rings. The molecule has 3 heterocycles. The van der Waals surface area contributed by atoms with Gasteiger partial charge in [0.1, 0.15) is 0 Å². The molecule has 1 aliphatic carbocycles. The Bertz CT molecular complexity index is 1110. The smallest absolute Gasteiger partial charge is 0.338 e. The minimum atomic E-state index is -0.577. The lowest BCUT2D eigenvalue weighted by Gasteiger charge is -2.31. The van der Waals surface area contributed by atoms with Gasteiger partial charge in [0, 0.05) is 30.6 Å². The molecule has 9 nitrogen and oxygen atoms in total. The molecule has 2 amide bonds. The number of aromatic nitrogens is 3. The summed E-state index contributed by atoms with van der Waals surface area (Å²) in [4.78, 5) is 27.9. The first-order valence-corrected chi connectivity index (χ1v) is 13.4. The number of hydrogen-bond donors (Lipinski definition) is 2. The Morgan fingerprint density at radius 2 is 1.89 bits per heavy atom. The molecule has 1 aromatic heterocycles. The molecule has 1 saturated carbocycles. The number of urea groups is 1. The number of carbonyl (C=O) groups is 2. The Hall–Kier alpha value is -3.01. The van der Waals surface area contributed by atoms with Crippen LogP contribution >= 0.6 is 11.8 Å². The summed E-state index contributed by atoms with van der Waals surface area (Å²) in [5.41, 5.74) is 1.80. The second kappa shape index (κ2) is 10.3. The van der Waals surface area contributed by atoms with Crippen LogP contribution in [0.5, 0.6) is 0 Å². The summed E-state index contributed by atoms with van der Waals surface area (Å²) in [6, 6.07) is 8.98. The molecule has 0 radical (unpaired) electrons. The normalized spacial score (nSPS) is 21.0. The monoisotopic (exact) mass is 496 g/mol. The van der Waals surface area contributed by atoms with Gasteiger partial charge >= 0.3 is 12.0 Å². The molecule has 2 aromatic rings. The zero-order valence-electron chi connectivity index (χ0n) is 20.2. The van der Waals surface area contributed by atoms with Crippen molar-refractivity contribution < 1.29 is 14.3 Å². The van der Waals surface area contributed by atoms with Crippen LogP contribution in [0.4, 0.5) is 10.7 Å². The van der Waals surface area contributed by atoms with Gasteiger partial charge in [-0.25, -0.2) is 9.59 Å². The second-order valence-electron chi connectivity index (χ2n) is 9.40. The number of nitrogens with zero attached hydrogens (tertiary/aromatic N) is 4. The van der Waals surface area contributed by atoms with Crippen LogP contribution in [0.15, 0.2) is 46.8 Å². The van der Waals surface area contributed by atoms with Gasteiger partial charge in [0.25, 0.3) is 0 Å². The third-order valence-corrected chi connectivity index (χ3v) is 7.72. The van der Waals surface area contributed by atoms with E-state index in [0.29, 0.717) is 23.1 Å². The van der Waals surface area contributed by atoms with E-state index in [4.69, 9.17) is 4.74 Å². The van der Waals surface area contributed by atoms with Crippen molar-refractivity contribution in [3.8, 4) is 0 Å². The van der Waals surface area contributed by atoms with Crippen molar-refractivity contribution in [2.45, 2.75) is 56.8 Å². The summed E-state index contributed by atoms with van der Waals surface area (Å²) in [6.45, 7) is 6.33. The fourth-order valence-corrected chi connectivity index (χ4v) is 5.63. The highest BCUT2D eigenvalue weighted by Gasteiger charge is 2.35. The summed E-state index contributed by atoms with van der Waals surface area (Å²) in [5, 5.41) is 15.6. The van der Waals surface area contributed by atoms with E-state index in [-0.39, 0.29) is 12.6 Å². The van der Waals surface area contributed by atoms with E-state index in [0.717, 1.165) is 61.4 Å². The number of hydrogen-bond acceptors (Lipinski definition) is 7. The minimum absolute atomic E-state index is 0.256. The number of esters is 1. The number of benzene rings is 1. The van der Waals surface area contributed by atoms with E-state index in [9.17, 15) is 9.59 Å². The molecule has 1 saturated heterocycles. The molecule has 1 unspecified atom stereocenters. The highest BCUT2D eigenvalue weighted by Crippen LogP contribution is 2.42. The van der Waals surface area contributed by atoms with Crippen LogP contribution in [0, 0.1) is 5.92 Å². The number of ether oxygens (including phenoxy) is 1. The average Bonchev–Trinajstić information content (AvgIpc) is 3.62. The Balaban J connectivity index is 1.43. The predicted octanol–water partition coefficient (Wildman–Crippen LogP) is 3.81. The third kappa shape index (κ3) is 5.17. The maximum Gasteiger partial charge on any atom is 0.338 e. The quantitative estimate of drug-likeness (QED) is 0.423. The molecule has 5 rings (SSSR count). The van der Waals surface area contributed by atoms with Crippen LogP contribution in [-0.2, 0) is 9.53 Å². The van der Waals surface area contributed by atoms with Crippen molar-refractivity contribution >= 4 is 29.7 Å². The van der Waals surface area contributed by atoms with Crippen LogP contribution < -0.4 is 15.5 Å². The minimum Gasteiger partial charge on any atom is -0.463 e. The molecule has 1 atom stereocenters. The molecule has 2 N–H and O–H groups in total. The topological polar surface area (TPSA) is 101 Å². The summed E-state index contributed by atoms with van der Waals surface area (Å²) >= 11 is 1.50. The van der Waals surface area contributed by atoms with E-state index in [1.807, 2.05) is 30.3 Å². The van der Waals surface area contributed by atoms with Gasteiger partial charge in [-0.3, -0.25) is 4.57 Å². The summed E-state index contributed by atoms with van der Waals surface area (Å²) in [5.74, 6) is 1.63. The van der Waals surface area contributed by atoms with Crippen molar-refractivity contribution in [1.82, 2.24) is 25.4 Å². The van der Waals surface area contributed by atoms with Crippen molar-refractivity contribution in [3.63, 3.8) is 0 Å². The number of anilines is 1. The number of piperidine rings is 1. The summed E-state index contributed by atoms with van der Waals surface area (Å²) in [6.07, 6.45) is 4.57. The van der Waals surface area contributed by atoms with Crippen LogP contribution in [0.2, 0.25) is 0 Å². The van der Waals surface area contributed by atoms with E-state index in [1.165, 1.54) is 11.8 Å². The fourth-order valence-electron chi connectivity index (χ4n) is 4.66. The summed E-state index contributed by atoms with van der Waals surface area (Å²) in [7, 11) is 0. The number of carbonyl (C=O) groups excluding carboxylic acids is 2.